The second kappa shape index (κ2) is 7.01. The van der Waals surface area contributed by atoms with Crippen molar-refractivity contribution in [2.75, 3.05) is 7.05 Å². The van der Waals surface area contributed by atoms with E-state index in [-0.39, 0.29) is 11.8 Å². The molecule has 0 saturated heterocycles. The Bertz CT molecular complexity index is 608. The van der Waals surface area contributed by atoms with Gasteiger partial charge in [0.15, 0.2) is 0 Å². The Morgan fingerprint density at radius 3 is 2.52 bits per heavy atom. The van der Waals surface area contributed by atoms with E-state index in [0.29, 0.717) is 12.1 Å². The fourth-order valence-electron chi connectivity index (χ4n) is 1.81. The molecule has 0 saturated carbocycles. The molecule has 4 N–H and O–H groups in total. The van der Waals surface area contributed by atoms with Gasteiger partial charge in [-0.05, 0) is 29.1 Å². The van der Waals surface area contributed by atoms with Gasteiger partial charge in [-0.25, -0.2) is 0 Å². The molecular formula is C15H17N3O2S. The molecule has 0 aliphatic carbocycles. The molecular weight excluding hydrogens is 286 g/mol. The van der Waals surface area contributed by atoms with Crippen LogP contribution >= 0.6 is 11.3 Å². The smallest absolute Gasteiger partial charge is 0.251 e. The van der Waals surface area contributed by atoms with Gasteiger partial charge in [-0.3, -0.25) is 9.59 Å². The Balaban J connectivity index is 1.91. The molecule has 0 radical (unpaired) electrons. The summed E-state index contributed by atoms with van der Waals surface area (Å²) in [6.07, 6.45) is 0. The molecule has 2 aromatic rings. The number of hydrogen-bond acceptors (Lipinski definition) is 4. The van der Waals surface area contributed by atoms with Crippen LogP contribution < -0.4 is 16.4 Å². The molecule has 6 heteroatoms. The minimum Gasteiger partial charge on any atom is -0.355 e. The summed E-state index contributed by atoms with van der Waals surface area (Å²) >= 11 is 1.46. The first-order valence-electron chi connectivity index (χ1n) is 6.49. The highest BCUT2D eigenvalue weighted by Gasteiger charge is 2.16. The highest BCUT2D eigenvalue weighted by Crippen LogP contribution is 2.16. The van der Waals surface area contributed by atoms with Crippen LogP contribution in [0.1, 0.15) is 26.8 Å². The zero-order valence-corrected chi connectivity index (χ0v) is 12.4. The molecule has 1 atom stereocenters. The van der Waals surface area contributed by atoms with Crippen LogP contribution in [0.5, 0.6) is 0 Å². The van der Waals surface area contributed by atoms with Crippen molar-refractivity contribution in [3.63, 3.8) is 0 Å². The number of thiophene rings is 1. The topological polar surface area (TPSA) is 84.2 Å². The molecule has 0 aliphatic heterocycles. The summed E-state index contributed by atoms with van der Waals surface area (Å²) in [6.45, 7) is 0.381. The second-order valence-corrected chi connectivity index (χ2v) is 5.47. The summed E-state index contributed by atoms with van der Waals surface area (Å²) < 4.78 is 0. The average Bonchev–Trinajstić information content (AvgIpc) is 3.06. The van der Waals surface area contributed by atoms with Gasteiger partial charge in [-0.15, -0.1) is 11.3 Å². The fraction of sp³-hybridized carbons (Fsp3) is 0.200. The molecule has 2 amide bonds. The Hall–Kier alpha value is -2.18. The van der Waals surface area contributed by atoms with E-state index in [0.717, 1.165) is 10.4 Å². The van der Waals surface area contributed by atoms with E-state index in [1.807, 2.05) is 29.6 Å². The van der Waals surface area contributed by atoms with E-state index < -0.39 is 6.04 Å². The van der Waals surface area contributed by atoms with Crippen LogP contribution in [-0.2, 0) is 11.3 Å². The lowest BCUT2D eigenvalue weighted by molar-refractivity contribution is -0.122. The van der Waals surface area contributed by atoms with E-state index in [1.165, 1.54) is 11.3 Å². The minimum absolute atomic E-state index is 0.134. The fourth-order valence-corrected chi connectivity index (χ4v) is 2.54. The molecule has 1 aromatic heterocycles. The van der Waals surface area contributed by atoms with Gasteiger partial charge in [-0.1, -0.05) is 18.2 Å². The zero-order valence-electron chi connectivity index (χ0n) is 11.6. The number of amides is 2. The first-order valence-corrected chi connectivity index (χ1v) is 7.37. The van der Waals surface area contributed by atoms with Crippen molar-refractivity contribution < 1.29 is 9.59 Å². The number of hydrogen-bond donors (Lipinski definition) is 3. The van der Waals surface area contributed by atoms with Crippen molar-refractivity contribution in [3.05, 3.63) is 57.8 Å². The van der Waals surface area contributed by atoms with Gasteiger partial charge in [0.2, 0.25) is 5.91 Å². The summed E-state index contributed by atoms with van der Waals surface area (Å²) in [5.41, 5.74) is 7.37. The lowest BCUT2D eigenvalue weighted by atomic mass is 10.1. The molecule has 21 heavy (non-hydrogen) atoms. The van der Waals surface area contributed by atoms with Gasteiger partial charge < -0.3 is 16.4 Å². The predicted molar refractivity (Wildman–Crippen MR) is 82.9 cm³/mol. The number of rotatable bonds is 5. The first kappa shape index (κ1) is 15.2. The predicted octanol–water partition coefficient (Wildman–Crippen LogP) is 1.42. The lowest BCUT2D eigenvalue weighted by Gasteiger charge is -2.11. The lowest BCUT2D eigenvalue weighted by Crippen LogP contribution is -2.33. The van der Waals surface area contributed by atoms with Crippen LogP contribution in [0.3, 0.4) is 0 Å². The Morgan fingerprint density at radius 2 is 1.95 bits per heavy atom. The molecule has 0 bridgehead atoms. The van der Waals surface area contributed by atoms with Gasteiger partial charge in [0, 0.05) is 24.0 Å². The molecule has 0 fully saturated rings. The Morgan fingerprint density at radius 1 is 1.24 bits per heavy atom. The van der Waals surface area contributed by atoms with E-state index in [2.05, 4.69) is 10.6 Å². The van der Waals surface area contributed by atoms with E-state index in [4.69, 9.17) is 5.73 Å². The SMILES string of the molecule is CNC(=O)c1ccc(CNC(=O)C(N)c2cccs2)cc1. The third-order valence-electron chi connectivity index (χ3n) is 3.04. The highest BCUT2D eigenvalue weighted by molar-refractivity contribution is 7.10. The number of benzene rings is 1. The molecule has 2 rings (SSSR count). The van der Waals surface area contributed by atoms with Crippen LogP contribution in [0.2, 0.25) is 0 Å². The minimum atomic E-state index is -0.643. The van der Waals surface area contributed by atoms with Crippen LogP contribution in [0.25, 0.3) is 0 Å². The normalized spacial score (nSPS) is 11.7. The highest BCUT2D eigenvalue weighted by atomic mass is 32.1. The number of nitrogens with two attached hydrogens (primary N) is 1. The largest absolute Gasteiger partial charge is 0.355 e. The van der Waals surface area contributed by atoms with E-state index in [1.54, 1.807) is 19.2 Å². The number of carbonyl (C=O) groups excluding carboxylic acids is 2. The molecule has 5 nitrogen and oxygen atoms in total. The van der Waals surface area contributed by atoms with Crippen molar-refractivity contribution in [1.82, 2.24) is 10.6 Å². The van der Waals surface area contributed by atoms with E-state index >= 15 is 0 Å². The van der Waals surface area contributed by atoms with Crippen LogP contribution in [0, 0.1) is 0 Å². The summed E-state index contributed by atoms with van der Waals surface area (Å²) in [4.78, 5) is 24.2. The molecule has 0 spiro atoms. The molecule has 0 aliphatic rings. The third-order valence-corrected chi connectivity index (χ3v) is 4.00. The van der Waals surface area contributed by atoms with Crippen molar-refractivity contribution in [2.45, 2.75) is 12.6 Å². The second-order valence-electron chi connectivity index (χ2n) is 4.49. The maximum Gasteiger partial charge on any atom is 0.251 e. The van der Waals surface area contributed by atoms with Gasteiger partial charge in [0.05, 0.1) is 0 Å². The Labute approximate surface area is 127 Å². The Kier molecular flexibility index (Phi) is 5.08. The number of nitrogens with one attached hydrogen (secondary N) is 2. The monoisotopic (exact) mass is 303 g/mol. The summed E-state index contributed by atoms with van der Waals surface area (Å²) in [7, 11) is 1.59. The quantitative estimate of drug-likeness (QED) is 0.781. The van der Waals surface area contributed by atoms with Crippen molar-refractivity contribution in [2.24, 2.45) is 5.73 Å². The number of carbonyl (C=O) groups is 2. The van der Waals surface area contributed by atoms with Crippen molar-refractivity contribution >= 4 is 23.2 Å². The van der Waals surface area contributed by atoms with Crippen molar-refractivity contribution in [3.8, 4) is 0 Å². The van der Waals surface area contributed by atoms with Gasteiger partial charge in [0.25, 0.3) is 5.91 Å². The molecule has 110 valence electrons. The summed E-state index contributed by atoms with van der Waals surface area (Å²) in [6, 6.07) is 10.1. The maximum atomic E-state index is 11.9. The third kappa shape index (κ3) is 3.90. The van der Waals surface area contributed by atoms with Crippen LogP contribution in [0.15, 0.2) is 41.8 Å². The standard InChI is InChI=1S/C15H17N3O2S/c1-17-14(19)11-6-4-10(5-7-11)9-18-15(20)13(16)12-3-2-8-21-12/h2-8,13H,9,16H2,1H3,(H,17,19)(H,18,20). The molecule has 1 unspecified atom stereocenters. The summed E-state index contributed by atoms with van der Waals surface area (Å²) in [5, 5.41) is 7.24. The molecule has 1 aromatic carbocycles. The maximum absolute atomic E-state index is 11.9. The first-order chi connectivity index (χ1) is 10.1. The zero-order chi connectivity index (χ0) is 15.2. The van der Waals surface area contributed by atoms with Gasteiger partial charge in [0.1, 0.15) is 6.04 Å². The summed E-state index contributed by atoms with van der Waals surface area (Å²) in [5.74, 6) is -0.349. The average molecular weight is 303 g/mol. The molecule has 1 heterocycles. The van der Waals surface area contributed by atoms with Gasteiger partial charge in [-0.2, -0.15) is 0 Å². The van der Waals surface area contributed by atoms with Crippen molar-refractivity contribution in [1.29, 1.82) is 0 Å². The van der Waals surface area contributed by atoms with Crippen LogP contribution in [0.4, 0.5) is 0 Å². The van der Waals surface area contributed by atoms with Gasteiger partial charge >= 0.3 is 0 Å². The van der Waals surface area contributed by atoms with Crippen LogP contribution in [-0.4, -0.2) is 18.9 Å². The van der Waals surface area contributed by atoms with E-state index in [9.17, 15) is 9.59 Å².